The molecule has 3 rings (SSSR count). The number of hydrogen-bond donors (Lipinski definition) is 1. The molecule has 0 bridgehead atoms. The van der Waals surface area contributed by atoms with Crippen molar-refractivity contribution in [2.45, 2.75) is 36.1 Å². The summed E-state index contributed by atoms with van der Waals surface area (Å²) in [7, 11) is 0. The maximum atomic E-state index is 14.3. The number of aromatic nitrogens is 3. The van der Waals surface area contributed by atoms with Gasteiger partial charge in [-0.25, -0.2) is 18.4 Å². The van der Waals surface area contributed by atoms with Crippen molar-refractivity contribution in [2.24, 2.45) is 0 Å². The molecule has 0 aliphatic heterocycles. The van der Waals surface area contributed by atoms with E-state index in [1.54, 1.807) is 0 Å². The van der Waals surface area contributed by atoms with Gasteiger partial charge in [0, 0.05) is 11.6 Å². The van der Waals surface area contributed by atoms with Gasteiger partial charge >= 0.3 is 5.51 Å². The first-order valence-electron chi connectivity index (χ1n) is 7.09. The van der Waals surface area contributed by atoms with Crippen LogP contribution in [0, 0.1) is 11.6 Å². The number of hydrogen-bond acceptors (Lipinski definition) is 5. The third kappa shape index (κ3) is 3.62. The van der Waals surface area contributed by atoms with E-state index in [4.69, 9.17) is 4.18 Å². The molecule has 25 heavy (non-hydrogen) atoms. The van der Waals surface area contributed by atoms with E-state index in [9.17, 15) is 27.1 Å². The summed E-state index contributed by atoms with van der Waals surface area (Å²) in [6, 6.07) is 2.45. The summed E-state index contributed by atoms with van der Waals surface area (Å²) in [6.07, 6.45) is 2.52. The van der Waals surface area contributed by atoms with Gasteiger partial charge in [-0.3, -0.25) is 4.18 Å². The van der Waals surface area contributed by atoms with Gasteiger partial charge in [0.05, 0.1) is 6.54 Å². The lowest BCUT2D eigenvalue weighted by Gasteiger charge is -2.36. The van der Waals surface area contributed by atoms with E-state index in [2.05, 4.69) is 10.1 Å². The van der Waals surface area contributed by atoms with Crippen molar-refractivity contribution >= 4 is 12.0 Å². The summed E-state index contributed by atoms with van der Waals surface area (Å²) >= 11 is -0.756. The highest BCUT2D eigenvalue weighted by atomic mass is 32.2. The molecule has 1 fully saturated rings. The summed E-state index contributed by atoms with van der Waals surface area (Å²) < 4.78 is 71.1. The molecule has 1 saturated carbocycles. The third-order valence-corrected chi connectivity index (χ3v) is 4.58. The first-order valence-corrected chi connectivity index (χ1v) is 7.83. The lowest BCUT2D eigenvalue weighted by atomic mass is 9.85. The number of aliphatic hydroxyl groups is 1. The number of benzene rings is 1. The van der Waals surface area contributed by atoms with Crippen LogP contribution >= 0.6 is 12.0 Å². The van der Waals surface area contributed by atoms with E-state index < -0.39 is 46.9 Å². The molecule has 5 nitrogen and oxygen atoms in total. The summed E-state index contributed by atoms with van der Waals surface area (Å²) in [5.74, 6) is -1.96. The van der Waals surface area contributed by atoms with Crippen LogP contribution in [0.25, 0.3) is 0 Å². The third-order valence-electron chi connectivity index (χ3n) is 3.99. The number of halogens is 5. The van der Waals surface area contributed by atoms with Crippen LogP contribution in [0.5, 0.6) is 0 Å². The topological polar surface area (TPSA) is 60.2 Å². The fourth-order valence-corrected chi connectivity index (χ4v) is 3.21. The van der Waals surface area contributed by atoms with E-state index in [1.165, 1.54) is 6.33 Å². The molecule has 1 aliphatic rings. The Kier molecular flexibility index (Phi) is 4.50. The van der Waals surface area contributed by atoms with Gasteiger partial charge in [-0.2, -0.15) is 18.3 Å². The zero-order valence-corrected chi connectivity index (χ0v) is 13.3. The molecule has 0 radical (unpaired) electrons. The lowest BCUT2D eigenvalue weighted by molar-refractivity contribution is -0.103. The van der Waals surface area contributed by atoms with Gasteiger partial charge in [-0.1, -0.05) is 6.07 Å². The van der Waals surface area contributed by atoms with Gasteiger partial charge in [0.15, 0.2) is 0 Å². The average molecular weight is 381 g/mol. The molecule has 11 heteroatoms. The first-order chi connectivity index (χ1) is 11.7. The first kappa shape index (κ1) is 18.1. The Morgan fingerprint density at radius 2 is 2.00 bits per heavy atom. The molecule has 1 heterocycles. The van der Waals surface area contributed by atoms with Crippen LogP contribution in [0.3, 0.4) is 0 Å². The van der Waals surface area contributed by atoms with Gasteiger partial charge in [0.25, 0.3) is 0 Å². The van der Waals surface area contributed by atoms with Crippen LogP contribution in [0.2, 0.25) is 0 Å². The highest BCUT2D eigenvalue weighted by Gasteiger charge is 2.64. The zero-order chi connectivity index (χ0) is 18.3. The minimum atomic E-state index is -4.69. The van der Waals surface area contributed by atoms with Crippen molar-refractivity contribution in [3.05, 3.63) is 48.1 Å². The van der Waals surface area contributed by atoms with Crippen LogP contribution in [0.4, 0.5) is 22.0 Å². The van der Waals surface area contributed by atoms with Crippen LogP contribution in [0.1, 0.15) is 18.4 Å². The zero-order valence-electron chi connectivity index (χ0n) is 12.5. The molecule has 1 N–H and O–H groups in total. The Hall–Kier alpha value is -1.72. The van der Waals surface area contributed by atoms with Crippen molar-refractivity contribution in [3.63, 3.8) is 0 Å². The average Bonchev–Trinajstić information content (AvgIpc) is 3.15. The standard InChI is InChI=1S/C14H12F5N3O2S/c15-9-1-2-10(11(16)5-9)13(23,6-22-8-20-7-21-22)12(3-4-12)24-25-14(17,18)19/h1-2,5,7-8,23H,3-4,6H2. The summed E-state index contributed by atoms with van der Waals surface area (Å²) in [6.45, 7) is -0.409. The summed E-state index contributed by atoms with van der Waals surface area (Å²) in [4.78, 5) is 3.69. The maximum absolute atomic E-state index is 14.3. The fourth-order valence-electron chi connectivity index (χ4n) is 2.65. The maximum Gasteiger partial charge on any atom is 0.467 e. The second-order valence-corrected chi connectivity index (χ2v) is 6.48. The molecule has 1 aromatic heterocycles. The number of alkyl halides is 3. The molecular weight excluding hydrogens is 369 g/mol. The van der Waals surface area contributed by atoms with Gasteiger partial charge in [-0.05, 0) is 18.9 Å². The number of rotatable bonds is 6. The van der Waals surface area contributed by atoms with Crippen molar-refractivity contribution in [3.8, 4) is 0 Å². The predicted octanol–water partition coefficient (Wildman–Crippen LogP) is 3.16. The van der Waals surface area contributed by atoms with Gasteiger partial charge in [-0.15, -0.1) is 0 Å². The summed E-state index contributed by atoms with van der Waals surface area (Å²) in [5, 5.41) is 14.9. The molecule has 1 aromatic carbocycles. The van der Waals surface area contributed by atoms with Gasteiger partial charge in [0.1, 0.15) is 47.5 Å². The normalized spacial score (nSPS) is 18.8. The van der Waals surface area contributed by atoms with E-state index in [-0.39, 0.29) is 18.4 Å². The van der Waals surface area contributed by atoms with Gasteiger partial charge < -0.3 is 5.11 Å². The molecule has 0 amide bonds. The molecule has 0 spiro atoms. The Morgan fingerprint density at radius 1 is 1.28 bits per heavy atom. The molecule has 1 aliphatic carbocycles. The minimum Gasteiger partial charge on any atom is -0.380 e. The lowest BCUT2D eigenvalue weighted by Crippen LogP contribution is -2.47. The highest BCUT2D eigenvalue weighted by molar-refractivity contribution is 7.95. The minimum absolute atomic E-state index is 0.0676. The van der Waals surface area contributed by atoms with E-state index in [1.807, 2.05) is 0 Å². The molecule has 1 atom stereocenters. The summed E-state index contributed by atoms with van der Waals surface area (Å²) in [5.41, 5.74) is -8.94. The predicted molar refractivity (Wildman–Crippen MR) is 77.0 cm³/mol. The van der Waals surface area contributed by atoms with Crippen LogP contribution in [-0.2, 0) is 16.3 Å². The molecule has 2 aromatic rings. The highest BCUT2D eigenvalue weighted by Crippen LogP contribution is 2.57. The Labute approximate surface area is 143 Å². The number of nitrogens with zero attached hydrogens (tertiary/aromatic N) is 3. The SMILES string of the molecule is OC(Cn1cncn1)(c1ccc(F)cc1F)C1(OSC(F)(F)F)CC1. The van der Waals surface area contributed by atoms with E-state index in [0.717, 1.165) is 23.1 Å². The Bertz CT molecular complexity index is 751. The molecule has 0 saturated heterocycles. The smallest absolute Gasteiger partial charge is 0.380 e. The van der Waals surface area contributed by atoms with Crippen molar-refractivity contribution < 1.29 is 31.2 Å². The quantitative estimate of drug-likeness (QED) is 0.615. The van der Waals surface area contributed by atoms with E-state index in [0.29, 0.717) is 6.07 Å². The monoisotopic (exact) mass is 381 g/mol. The molecular formula is C14H12F5N3O2S. The molecule has 1 unspecified atom stereocenters. The Balaban J connectivity index is 2.00. The molecule has 136 valence electrons. The second-order valence-electron chi connectivity index (χ2n) is 5.68. The van der Waals surface area contributed by atoms with Crippen molar-refractivity contribution in [2.75, 3.05) is 0 Å². The largest absolute Gasteiger partial charge is 0.467 e. The van der Waals surface area contributed by atoms with E-state index >= 15 is 0 Å². The van der Waals surface area contributed by atoms with Crippen molar-refractivity contribution in [1.82, 2.24) is 14.8 Å². The van der Waals surface area contributed by atoms with Crippen LogP contribution in [0.15, 0.2) is 30.9 Å². The van der Waals surface area contributed by atoms with Crippen LogP contribution < -0.4 is 0 Å². The van der Waals surface area contributed by atoms with Crippen LogP contribution in [-0.4, -0.2) is 31.0 Å². The second kappa shape index (κ2) is 6.22. The van der Waals surface area contributed by atoms with Gasteiger partial charge in [0.2, 0.25) is 0 Å². The Morgan fingerprint density at radius 3 is 2.52 bits per heavy atom. The fraction of sp³-hybridized carbons (Fsp3) is 0.429. The van der Waals surface area contributed by atoms with Crippen molar-refractivity contribution in [1.29, 1.82) is 0 Å².